The van der Waals surface area contributed by atoms with Gasteiger partial charge in [0, 0.05) is 28.8 Å². The number of Topliss-reactive ketones (excluding diaryl/α,β-unsaturated/α-hetero) is 1. The van der Waals surface area contributed by atoms with Crippen molar-refractivity contribution >= 4 is 28.2 Å². The second-order valence-corrected chi connectivity index (χ2v) is 7.10. The molecule has 7 heteroatoms. The topological polar surface area (TPSA) is 97.6 Å². The SMILES string of the molecule is CC1(C)Oc2cc3ccc(=O)oc3cc2/C(=C/NNC(=O)c2ccccc2)C1=O. The van der Waals surface area contributed by atoms with E-state index in [-0.39, 0.29) is 11.7 Å². The first kappa shape index (κ1) is 18.5. The van der Waals surface area contributed by atoms with Gasteiger partial charge in [0.05, 0.1) is 5.57 Å². The summed E-state index contributed by atoms with van der Waals surface area (Å²) >= 11 is 0. The number of ketones is 1. The fraction of sp³-hybridized carbons (Fsp3) is 0.136. The van der Waals surface area contributed by atoms with Crippen LogP contribution in [0.2, 0.25) is 0 Å². The smallest absolute Gasteiger partial charge is 0.336 e. The molecule has 0 fully saturated rings. The maximum atomic E-state index is 12.9. The van der Waals surface area contributed by atoms with Gasteiger partial charge in [0.25, 0.3) is 5.91 Å². The van der Waals surface area contributed by atoms with Crippen molar-refractivity contribution in [2.24, 2.45) is 0 Å². The third-order valence-electron chi connectivity index (χ3n) is 4.61. The molecule has 0 radical (unpaired) electrons. The first-order valence-electron chi connectivity index (χ1n) is 8.98. The van der Waals surface area contributed by atoms with E-state index in [9.17, 15) is 14.4 Å². The van der Waals surface area contributed by atoms with Crippen LogP contribution in [0.1, 0.15) is 29.8 Å². The first-order valence-corrected chi connectivity index (χ1v) is 8.98. The molecule has 1 aromatic heterocycles. The number of hydrazine groups is 1. The van der Waals surface area contributed by atoms with Crippen molar-refractivity contribution < 1.29 is 18.7 Å². The third kappa shape index (κ3) is 3.50. The Morgan fingerprint density at radius 1 is 1.03 bits per heavy atom. The summed E-state index contributed by atoms with van der Waals surface area (Å²) < 4.78 is 11.1. The van der Waals surface area contributed by atoms with Gasteiger partial charge in [0.2, 0.25) is 5.78 Å². The summed E-state index contributed by atoms with van der Waals surface area (Å²) in [5, 5.41) is 0.679. The Morgan fingerprint density at radius 2 is 1.79 bits per heavy atom. The van der Waals surface area contributed by atoms with Crippen LogP contribution in [0.4, 0.5) is 0 Å². The zero-order chi connectivity index (χ0) is 20.6. The van der Waals surface area contributed by atoms with Crippen LogP contribution < -0.4 is 21.2 Å². The average molecular weight is 390 g/mol. The Kier molecular flexibility index (Phi) is 4.43. The van der Waals surface area contributed by atoms with E-state index < -0.39 is 11.2 Å². The van der Waals surface area contributed by atoms with Crippen molar-refractivity contribution in [1.82, 2.24) is 10.9 Å². The lowest BCUT2D eigenvalue weighted by Gasteiger charge is -2.32. The van der Waals surface area contributed by atoms with Crippen LogP contribution in [0.25, 0.3) is 16.5 Å². The largest absolute Gasteiger partial charge is 0.479 e. The van der Waals surface area contributed by atoms with E-state index in [1.807, 2.05) is 6.07 Å². The van der Waals surface area contributed by atoms with Crippen LogP contribution >= 0.6 is 0 Å². The molecule has 4 rings (SSSR count). The van der Waals surface area contributed by atoms with Gasteiger partial charge in [-0.05, 0) is 44.2 Å². The molecule has 2 heterocycles. The van der Waals surface area contributed by atoms with E-state index in [0.717, 1.165) is 0 Å². The Balaban J connectivity index is 1.70. The second kappa shape index (κ2) is 6.94. The predicted octanol–water partition coefficient (Wildman–Crippen LogP) is 2.81. The molecular weight excluding hydrogens is 372 g/mol. The van der Waals surface area contributed by atoms with Gasteiger partial charge in [-0.2, -0.15) is 0 Å². The van der Waals surface area contributed by atoms with Gasteiger partial charge >= 0.3 is 5.63 Å². The fourth-order valence-electron chi connectivity index (χ4n) is 3.14. The molecule has 1 aliphatic heterocycles. The minimum atomic E-state index is -1.09. The Bertz CT molecular complexity index is 1210. The van der Waals surface area contributed by atoms with Gasteiger partial charge in [-0.1, -0.05) is 18.2 Å². The molecule has 0 saturated heterocycles. The van der Waals surface area contributed by atoms with Gasteiger partial charge in [-0.3, -0.25) is 15.0 Å². The normalized spacial score (nSPS) is 16.2. The molecule has 0 bridgehead atoms. The average Bonchev–Trinajstić information content (AvgIpc) is 2.70. The zero-order valence-electron chi connectivity index (χ0n) is 15.8. The number of carbonyl (C=O) groups is 2. The Hall–Kier alpha value is -3.87. The van der Waals surface area contributed by atoms with Crippen molar-refractivity contribution in [1.29, 1.82) is 0 Å². The highest BCUT2D eigenvalue weighted by Crippen LogP contribution is 2.39. The molecule has 3 aromatic rings. The molecule has 0 atom stereocenters. The highest BCUT2D eigenvalue weighted by molar-refractivity contribution is 6.26. The first-order chi connectivity index (χ1) is 13.8. The van der Waals surface area contributed by atoms with Gasteiger partial charge < -0.3 is 14.6 Å². The van der Waals surface area contributed by atoms with Gasteiger partial charge in [-0.15, -0.1) is 0 Å². The monoisotopic (exact) mass is 390 g/mol. The number of fused-ring (bicyclic) bond motifs is 2. The summed E-state index contributed by atoms with van der Waals surface area (Å²) in [6.07, 6.45) is 1.42. The van der Waals surface area contributed by atoms with E-state index in [0.29, 0.717) is 33.4 Å². The summed E-state index contributed by atoms with van der Waals surface area (Å²) in [5.74, 6) is -0.131. The van der Waals surface area contributed by atoms with Gasteiger partial charge in [0.1, 0.15) is 11.3 Å². The van der Waals surface area contributed by atoms with Crippen LogP contribution in [-0.2, 0) is 4.79 Å². The lowest BCUT2D eigenvalue weighted by molar-refractivity contribution is -0.126. The summed E-state index contributed by atoms with van der Waals surface area (Å²) in [4.78, 5) is 36.7. The van der Waals surface area contributed by atoms with E-state index in [2.05, 4.69) is 10.9 Å². The highest BCUT2D eigenvalue weighted by atomic mass is 16.5. The molecule has 7 nitrogen and oxygen atoms in total. The number of nitrogens with one attached hydrogen (secondary N) is 2. The van der Waals surface area contributed by atoms with Crippen molar-refractivity contribution in [2.75, 3.05) is 0 Å². The minimum Gasteiger partial charge on any atom is -0.479 e. The third-order valence-corrected chi connectivity index (χ3v) is 4.61. The van der Waals surface area contributed by atoms with E-state index in [1.54, 1.807) is 56.3 Å². The minimum absolute atomic E-state index is 0.274. The molecule has 146 valence electrons. The summed E-state index contributed by atoms with van der Waals surface area (Å²) in [7, 11) is 0. The number of benzene rings is 2. The second-order valence-electron chi connectivity index (χ2n) is 7.10. The van der Waals surface area contributed by atoms with Crippen LogP contribution in [0.15, 0.2) is 70.0 Å². The van der Waals surface area contributed by atoms with Crippen molar-refractivity contribution in [3.63, 3.8) is 0 Å². The molecular formula is C22H18N2O5. The van der Waals surface area contributed by atoms with Crippen molar-refractivity contribution in [3.8, 4) is 5.75 Å². The molecule has 0 aliphatic carbocycles. The number of carbonyl (C=O) groups excluding carboxylic acids is 2. The van der Waals surface area contributed by atoms with E-state index in [1.165, 1.54) is 12.3 Å². The van der Waals surface area contributed by atoms with Crippen molar-refractivity contribution in [3.05, 3.63) is 82.3 Å². The number of hydrogen-bond acceptors (Lipinski definition) is 6. The van der Waals surface area contributed by atoms with Crippen LogP contribution in [0.3, 0.4) is 0 Å². The molecule has 0 spiro atoms. The summed E-state index contributed by atoms with van der Waals surface area (Å²) in [5.41, 5.74) is 5.24. The predicted molar refractivity (Wildman–Crippen MR) is 107 cm³/mol. The maximum Gasteiger partial charge on any atom is 0.336 e. The lowest BCUT2D eigenvalue weighted by atomic mass is 9.88. The molecule has 0 unspecified atom stereocenters. The Labute approximate surface area is 166 Å². The van der Waals surface area contributed by atoms with Gasteiger partial charge in [0.15, 0.2) is 5.60 Å². The lowest BCUT2D eigenvalue weighted by Crippen LogP contribution is -2.43. The van der Waals surface area contributed by atoms with Crippen LogP contribution in [0, 0.1) is 0 Å². The molecule has 0 saturated carbocycles. The van der Waals surface area contributed by atoms with Crippen LogP contribution in [-0.4, -0.2) is 17.3 Å². The fourth-order valence-corrected chi connectivity index (χ4v) is 3.14. The maximum absolute atomic E-state index is 12.9. The zero-order valence-corrected chi connectivity index (χ0v) is 15.8. The number of ether oxygens (including phenoxy) is 1. The summed E-state index contributed by atoms with van der Waals surface area (Å²) in [6, 6.07) is 15.0. The molecule has 29 heavy (non-hydrogen) atoms. The molecule has 1 aliphatic rings. The summed E-state index contributed by atoms with van der Waals surface area (Å²) in [6.45, 7) is 3.34. The highest BCUT2D eigenvalue weighted by Gasteiger charge is 2.39. The molecule has 2 N–H and O–H groups in total. The molecule has 2 aromatic carbocycles. The van der Waals surface area contributed by atoms with E-state index in [4.69, 9.17) is 9.15 Å². The van der Waals surface area contributed by atoms with Crippen molar-refractivity contribution in [2.45, 2.75) is 19.4 Å². The number of hydrogen-bond donors (Lipinski definition) is 2. The van der Waals surface area contributed by atoms with Crippen LogP contribution in [0.5, 0.6) is 5.75 Å². The molecule has 1 amide bonds. The van der Waals surface area contributed by atoms with Gasteiger partial charge in [-0.25, -0.2) is 4.79 Å². The number of rotatable bonds is 3. The standard InChI is InChI=1S/C22H18N2O5/c1-22(2)20(26)16(12-23-24-21(27)13-6-4-3-5-7-13)15-11-17-14(10-18(15)29-22)8-9-19(25)28-17/h3-12,23H,1-2H3,(H,24,27)/b16-12-. The quantitative estimate of drug-likeness (QED) is 0.405. The number of amides is 1. The Morgan fingerprint density at radius 3 is 2.55 bits per heavy atom. The van der Waals surface area contributed by atoms with E-state index >= 15 is 0 Å².